The number of nitrogens with zero attached hydrogens (tertiary/aromatic N) is 1. The van der Waals surface area contributed by atoms with Gasteiger partial charge in [-0.1, -0.05) is 41.1 Å². The van der Waals surface area contributed by atoms with E-state index < -0.39 is 0 Å². The van der Waals surface area contributed by atoms with Gasteiger partial charge in [-0.3, -0.25) is 9.78 Å². The Hall–Kier alpha value is -2.66. The molecule has 1 aromatic heterocycles. The van der Waals surface area contributed by atoms with E-state index in [2.05, 4.69) is 44.5 Å². The Balaban J connectivity index is 1.76. The van der Waals surface area contributed by atoms with Crippen molar-refractivity contribution in [2.75, 3.05) is 10.6 Å². The van der Waals surface area contributed by atoms with Gasteiger partial charge in [0, 0.05) is 22.0 Å². The van der Waals surface area contributed by atoms with E-state index in [1.807, 2.05) is 42.5 Å². The molecule has 1 amide bonds. The number of carbonyl (C=O) groups excluding carboxylic acids is 1. The van der Waals surface area contributed by atoms with Gasteiger partial charge in [-0.25, -0.2) is 0 Å². The van der Waals surface area contributed by atoms with Gasteiger partial charge >= 0.3 is 0 Å². The third-order valence-electron chi connectivity index (χ3n) is 3.78. The maximum absolute atomic E-state index is 12.4. The van der Waals surface area contributed by atoms with Gasteiger partial charge in [-0.05, 0) is 48.4 Å². The van der Waals surface area contributed by atoms with Gasteiger partial charge in [-0.2, -0.15) is 0 Å². The molecule has 0 aliphatic rings. The average Bonchev–Trinajstić information content (AvgIpc) is 2.64. The van der Waals surface area contributed by atoms with Crippen LogP contribution < -0.4 is 10.6 Å². The molecule has 2 N–H and O–H groups in total. The van der Waals surface area contributed by atoms with Crippen LogP contribution in [0, 0.1) is 0 Å². The fraction of sp³-hybridized carbons (Fsp3) is 0.100. The molecule has 25 heavy (non-hydrogen) atoms. The molecule has 0 bridgehead atoms. The normalized spacial score (nSPS) is 10.3. The summed E-state index contributed by atoms with van der Waals surface area (Å²) in [7, 11) is 0. The number of pyridine rings is 1. The number of nitrogens with one attached hydrogen (secondary N) is 2. The number of hydrogen-bond donors (Lipinski definition) is 2. The van der Waals surface area contributed by atoms with E-state index in [0.717, 1.165) is 28.0 Å². The monoisotopic (exact) mass is 395 g/mol. The number of aryl methyl sites for hydroxylation is 1. The van der Waals surface area contributed by atoms with E-state index in [-0.39, 0.29) is 5.91 Å². The summed E-state index contributed by atoms with van der Waals surface area (Å²) in [6, 6.07) is 17.4. The summed E-state index contributed by atoms with van der Waals surface area (Å²) in [5.41, 5.74) is 4.26. The summed E-state index contributed by atoms with van der Waals surface area (Å²) < 4.78 is 0.966. The molecule has 2 aromatic carbocycles. The number of carbonyl (C=O) groups is 1. The number of halogens is 1. The fourth-order valence-electron chi connectivity index (χ4n) is 2.48. The summed E-state index contributed by atoms with van der Waals surface area (Å²) in [4.78, 5) is 16.6. The minimum absolute atomic E-state index is 0.192. The second kappa shape index (κ2) is 7.94. The molecular formula is C20H18BrN3O. The summed E-state index contributed by atoms with van der Waals surface area (Å²) in [6.45, 7) is 2.11. The third-order valence-corrected chi connectivity index (χ3v) is 4.31. The van der Waals surface area contributed by atoms with E-state index in [0.29, 0.717) is 5.56 Å². The zero-order chi connectivity index (χ0) is 17.6. The van der Waals surface area contributed by atoms with E-state index >= 15 is 0 Å². The van der Waals surface area contributed by atoms with Crippen LogP contribution in [0.25, 0.3) is 0 Å². The van der Waals surface area contributed by atoms with Gasteiger partial charge in [-0.15, -0.1) is 0 Å². The van der Waals surface area contributed by atoms with Crippen molar-refractivity contribution < 1.29 is 4.79 Å². The first kappa shape index (κ1) is 17.2. The van der Waals surface area contributed by atoms with E-state index in [1.165, 1.54) is 5.56 Å². The number of para-hydroxylation sites is 1. The standard InChI is InChI=1S/C20H18BrN3O/c1-2-14-5-3-4-6-19(14)23-18-11-15(12-22-13-18)20(25)24-17-9-7-16(21)8-10-17/h3-13,23H,2H2,1H3,(H,24,25). The van der Waals surface area contributed by atoms with Crippen LogP contribution in [0.4, 0.5) is 17.1 Å². The number of anilines is 3. The first-order valence-corrected chi connectivity index (χ1v) is 8.82. The van der Waals surface area contributed by atoms with E-state index in [1.54, 1.807) is 18.5 Å². The highest BCUT2D eigenvalue weighted by molar-refractivity contribution is 9.10. The van der Waals surface area contributed by atoms with Crippen molar-refractivity contribution in [3.63, 3.8) is 0 Å². The summed E-state index contributed by atoms with van der Waals surface area (Å²) in [5, 5.41) is 6.21. The lowest BCUT2D eigenvalue weighted by atomic mass is 10.1. The Labute approximate surface area is 155 Å². The molecule has 0 saturated heterocycles. The molecule has 0 aliphatic heterocycles. The van der Waals surface area contributed by atoms with Crippen LogP contribution in [0.5, 0.6) is 0 Å². The maximum Gasteiger partial charge on any atom is 0.257 e. The Bertz CT molecular complexity index is 878. The van der Waals surface area contributed by atoms with E-state index in [4.69, 9.17) is 0 Å². The highest BCUT2D eigenvalue weighted by Gasteiger charge is 2.08. The molecule has 3 aromatic rings. The maximum atomic E-state index is 12.4. The Morgan fingerprint density at radius 3 is 2.56 bits per heavy atom. The molecule has 5 heteroatoms. The molecule has 0 saturated carbocycles. The molecule has 1 heterocycles. The quantitative estimate of drug-likeness (QED) is 0.607. The van der Waals surface area contributed by atoms with Crippen molar-refractivity contribution >= 4 is 38.9 Å². The highest BCUT2D eigenvalue weighted by Crippen LogP contribution is 2.22. The minimum Gasteiger partial charge on any atom is -0.354 e. The molecule has 4 nitrogen and oxygen atoms in total. The predicted octanol–water partition coefficient (Wildman–Crippen LogP) is 5.40. The zero-order valence-corrected chi connectivity index (χ0v) is 15.4. The van der Waals surface area contributed by atoms with Crippen LogP contribution in [0.1, 0.15) is 22.8 Å². The predicted molar refractivity (Wildman–Crippen MR) is 105 cm³/mol. The van der Waals surface area contributed by atoms with Crippen molar-refractivity contribution in [3.05, 3.63) is 82.6 Å². The Morgan fingerprint density at radius 1 is 1.04 bits per heavy atom. The molecule has 0 unspecified atom stereocenters. The molecule has 0 spiro atoms. The largest absolute Gasteiger partial charge is 0.354 e. The number of rotatable bonds is 5. The number of benzene rings is 2. The zero-order valence-electron chi connectivity index (χ0n) is 13.8. The van der Waals surface area contributed by atoms with Crippen molar-refractivity contribution in [1.29, 1.82) is 0 Å². The average molecular weight is 396 g/mol. The third kappa shape index (κ3) is 4.45. The van der Waals surface area contributed by atoms with E-state index in [9.17, 15) is 4.79 Å². The molecule has 0 atom stereocenters. The SMILES string of the molecule is CCc1ccccc1Nc1cncc(C(=O)Nc2ccc(Br)cc2)c1. The Morgan fingerprint density at radius 2 is 1.80 bits per heavy atom. The second-order valence-electron chi connectivity index (χ2n) is 5.56. The van der Waals surface area contributed by atoms with Gasteiger partial charge < -0.3 is 10.6 Å². The van der Waals surface area contributed by atoms with Crippen LogP contribution in [-0.2, 0) is 6.42 Å². The number of hydrogen-bond acceptors (Lipinski definition) is 3. The smallest absolute Gasteiger partial charge is 0.257 e. The van der Waals surface area contributed by atoms with Crippen molar-refractivity contribution in [2.24, 2.45) is 0 Å². The van der Waals surface area contributed by atoms with Crippen LogP contribution in [-0.4, -0.2) is 10.9 Å². The van der Waals surface area contributed by atoms with Crippen molar-refractivity contribution in [3.8, 4) is 0 Å². The van der Waals surface area contributed by atoms with Crippen molar-refractivity contribution in [2.45, 2.75) is 13.3 Å². The summed E-state index contributed by atoms with van der Waals surface area (Å²) in [5.74, 6) is -0.192. The molecule has 126 valence electrons. The van der Waals surface area contributed by atoms with Gasteiger partial charge in [0.15, 0.2) is 0 Å². The first-order chi connectivity index (χ1) is 12.2. The lowest BCUT2D eigenvalue weighted by Crippen LogP contribution is -2.12. The van der Waals surface area contributed by atoms with Gasteiger partial charge in [0.05, 0.1) is 17.4 Å². The molecule has 0 fully saturated rings. The molecule has 0 radical (unpaired) electrons. The van der Waals surface area contributed by atoms with Crippen LogP contribution in [0.2, 0.25) is 0 Å². The summed E-state index contributed by atoms with van der Waals surface area (Å²) in [6.07, 6.45) is 4.20. The molecule has 3 rings (SSSR count). The van der Waals surface area contributed by atoms with Gasteiger partial charge in [0.1, 0.15) is 0 Å². The van der Waals surface area contributed by atoms with Crippen LogP contribution in [0.3, 0.4) is 0 Å². The first-order valence-electron chi connectivity index (χ1n) is 8.02. The summed E-state index contributed by atoms with van der Waals surface area (Å²) >= 11 is 3.38. The highest BCUT2D eigenvalue weighted by atomic mass is 79.9. The number of aromatic nitrogens is 1. The number of amides is 1. The van der Waals surface area contributed by atoms with Crippen LogP contribution in [0.15, 0.2) is 71.5 Å². The lowest BCUT2D eigenvalue weighted by molar-refractivity contribution is 0.102. The lowest BCUT2D eigenvalue weighted by Gasteiger charge is -2.11. The van der Waals surface area contributed by atoms with Crippen molar-refractivity contribution in [1.82, 2.24) is 4.98 Å². The second-order valence-corrected chi connectivity index (χ2v) is 6.47. The fourth-order valence-corrected chi connectivity index (χ4v) is 2.74. The molecule has 0 aliphatic carbocycles. The topological polar surface area (TPSA) is 54.0 Å². The van der Waals surface area contributed by atoms with Crippen LogP contribution >= 0.6 is 15.9 Å². The minimum atomic E-state index is -0.192. The molecular weight excluding hydrogens is 378 g/mol. The van der Waals surface area contributed by atoms with Gasteiger partial charge in [0.2, 0.25) is 0 Å². The Kier molecular flexibility index (Phi) is 5.46. The van der Waals surface area contributed by atoms with Gasteiger partial charge in [0.25, 0.3) is 5.91 Å².